The Balaban J connectivity index is 0.000000164. The normalized spacial score (nSPS) is 9.60. The first-order valence-corrected chi connectivity index (χ1v) is 12.5. The molecule has 4 heteroatoms. The van der Waals surface area contributed by atoms with Gasteiger partial charge < -0.3 is 14.1 Å². The Bertz CT molecular complexity index is 1490. The predicted octanol–water partition coefficient (Wildman–Crippen LogP) is 7.09. The van der Waals surface area contributed by atoms with Crippen LogP contribution in [0, 0.1) is 33.2 Å². The van der Waals surface area contributed by atoms with E-state index in [-0.39, 0.29) is 20.1 Å². The molecule has 0 aliphatic heterocycles. The summed E-state index contributed by atoms with van der Waals surface area (Å²) >= 11 is 0. The van der Waals surface area contributed by atoms with E-state index in [1.165, 1.54) is 0 Å². The SMILES string of the molecule is [CH2-][n+]1ccccc1-c1[c-]cccc1.[CH2-]c1ccccc1-c1cccc[n+]1[CH2-].[Ir].[c-]1ccccc1-c1ccccn1. The number of benzene rings is 3. The fourth-order valence-electron chi connectivity index (χ4n) is 3.84. The molecule has 1 radical (unpaired) electrons. The van der Waals surface area contributed by atoms with Gasteiger partial charge in [-0.15, -0.1) is 83.9 Å². The fraction of sp³-hybridized carbons (Fsp3) is 0. The summed E-state index contributed by atoms with van der Waals surface area (Å²) in [6.45, 7) is 4.00. The Morgan fingerprint density at radius 1 is 0.550 bits per heavy atom. The Morgan fingerprint density at radius 3 is 1.65 bits per heavy atom. The zero-order valence-electron chi connectivity index (χ0n) is 22.2. The van der Waals surface area contributed by atoms with Crippen molar-refractivity contribution in [1.82, 2.24) is 4.98 Å². The van der Waals surface area contributed by atoms with E-state index in [9.17, 15) is 0 Å². The van der Waals surface area contributed by atoms with Gasteiger partial charge in [-0.2, -0.15) is 18.6 Å². The second-order valence-electron chi connectivity index (χ2n) is 8.54. The van der Waals surface area contributed by atoms with Crippen LogP contribution in [0.1, 0.15) is 5.56 Å². The van der Waals surface area contributed by atoms with Crippen LogP contribution in [-0.2, 0) is 20.1 Å². The summed E-state index contributed by atoms with van der Waals surface area (Å²) < 4.78 is 3.69. The van der Waals surface area contributed by atoms with Gasteiger partial charge in [0.25, 0.3) is 0 Å². The van der Waals surface area contributed by atoms with Crippen molar-refractivity contribution in [1.29, 1.82) is 0 Å². The topological polar surface area (TPSA) is 20.6 Å². The molecule has 6 rings (SSSR count). The van der Waals surface area contributed by atoms with Gasteiger partial charge in [-0.3, -0.25) is 0 Å². The van der Waals surface area contributed by atoms with Crippen molar-refractivity contribution < 1.29 is 29.2 Å². The molecular formula is C36H30IrN3-3. The maximum atomic E-state index is 4.22. The average Bonchev–Trinajstić information content (AvgIpc) is 3.00. The minimum atomic E-state index is 0. The smallest absolute Gasteiger partial charge is 0.115 e. The number of hydrogen-bond acceptors (Lipinski definition) is 1. The Hall–Kier alpha value is -4.63. The van der Waals surface area contributed by atoms with Crippen LogP contribution in [0.4, 0.5) is 0 Å². The number of hydrogen-bond donors (Lipinski definition) is 0. The van der Waals surface area contributed by atoms with Crippen molar-refractivity contribution in [2.45, 2.75) is 0 Å². The van der Waals surface area contributed by atoms with Gasteiger partial charge in [-0.05, 0) is 17.8 Å². The van der Waals surface area contributed by atoms with Crippen LogP contribution in [0.3, 0.4) is 0 Å². The molecule has 0 atom stereocenters. The summed E-state index contributed by atoms with van der Waals surface area (Å²) in [4.78, 5) is 4.22. The number of rotatable bonds is 3. The van der Waals surface area contributed by atoms with Crippen molar-refractivity contribution in [2.24, 2.45) is 0 Å². The fourth-order valence-corrected chi connectivity index (χ4v) is 3.84. The third-order valence-electron chi connectivity index (χ3n) is 5.81. The number of nitrogens with zero attached hydrogens (tertiary/aromatic N) is 3. The van der Waals surface area contributed by atoms with Gasteiger partial charge in [0.15, 0.2) is 0 Å². The van der Waals surface area contributed by atoms with E-state index in [0.717, 1.165) is 39.3 Å². The molecule has 0 aliphatic rings. The molecule has 0 fully saturated rings. The third kappa shape index (κ3) is 8.44. The van der Waals surface area contributed by atoms with E-state index in [0.29, 0.717) is 0 Å². The van der Waals surface area contributed by atoms with Crippen LogP contribution in [-0.4, -0.2) is 4.98 Å². The molecule has 6 aromatic rings. The van der Waals surface area contributed by atoms with Crippen LogP contribution in [0.25, 0.3) is 33.8 Å². The molecule has 0 saturated carbocycles. The number of aromatic nitrogens is 3. The quantitative estimate of drug-likeness (QED) is 0.143. The molecule has 0 N–H and O–H groups in total. The van der Waals surface area contributed by atoms with Crippen molar-refractivity contribution in [3.05, 3.63) is 185 Å². The van der Waals surface area contributed by atoms with Gasteiger partial charge in [0, 0.05) is 40.4 Å². The first-order chi connectivity index (χ1) is 19.1. The Kier molecular flexibility index (Phi) is 11.7. The summed E-state index contributed by atoms with van der Waals surface area (Å²) in [5.74, 6) is 0. The van der Waals surface area contributed by atoms with Crippen molar-refractivity contribution in [3.63, 3.8) is 0 Å². The summed E-state index contributed by atoms with van der Waals surface area (Å²) in [6, 6.07) is 47.9. The molecule has 0 spiro atoms. The summed E-state index contributed by atoms with van der Waals surface area (Å²) in [5, 5.41) is 0. The standard InChI is InChI=1S/C13H12N.C12H10N.C11H8N.Ir/c1-11-7-3-4-8-12(11)13-9-5-6-10-14(13)2;1-13-10-6-5-9-12(13)11-7-3-2-4-8-11;1-2-6-10(7-3-1)11-8-4-5-9-12-11;/h3-10H,1-2H2;2-7,9-10H,1H2;1-6,8-9H;/q3*-1;. The van der Waals surface area contributed by atoms with Crippen molar-refractivity contribution in [2.75, 3.05) is 0 Å². The van der Waals surface area contributed by atoms with E-state index >= 15 is 0 Å². The second kappa shape index (κ2) is 15.7. The van der Waals surface area contributed by atoms with Crippen LogP contribution in [0.5, 0.6) is 0 Å². The zero-order valence-corrected chi connectivity index (χ0v) is 24.5. The Morgan fingerprint density at radius 2 is 1.10 bits per heavy atom. The van der Waals surface area contributed by atoms with E-state index in [1.54, 1.807) is 6.20 Å². The third-order valence-corrected chi connectivity index (χ3v) is 5.81. The monoisotopic (exact) mass is 697 g/mol. The van der Waals surface area contributed by atoms with Crippen molar-refractivity contribution in [3.8, 4) is 33.8 Å². The van der Waals surface area contributed by atoms with Crippen LogP contribution in [0.2, 0.25) is 0 Å². The van der Waals surface area contributed by atoms with Crippen molar-refractivity contribution >= 4 is 0 Å². The first kappa shape index (κ1) is 29.9. The number of pyridine rings is 3. The molecule has 0 unspecified atom stereocenters. The van der Waals surface area contributed by atoms with Gasteiger partial charge in [0.1, 0.15) is 5.69 Å². The van der Waals surface area contributed by atoms with Crippen LogP contribution < -0.4 is 9.13 Å². The molecule has 3 nitrogen and oxygen atoms in total. The molecule has 40 heavy (non-hydrogen) atoms. The molecule has 0 amide bonds. The van der Waals surface area contributed by atoms with Gasteiger partial charge in [-0.1, -0.05) is 54.1 Å². The predicted molar refractivity (Wildman–Crippen MR) is 157 cm³/mol. The molecular weight excluding hydrogens is 667 g/mol. The average molecular weight is 697 g/mol. The molecule has 3 heterocycles. The molecule has 3 aromatic heterocycles. The van der Waals surface area contributed by atoms with Gasteiger partial charge in [0.05, 0.1) is 18.1 Å². The Labute approximate surface area is 251 Å². The molecule has 0 aliphatic carbocycles. The summed E-state index contributed by atoms with van der Waals surface area (Å²) in [7, 11) is 7.82. The molecule has 3 aromatic carbocycles. The largest absolute Gasteiger partial charge is 0.343 e. The zero-order chi connectivity index (χ0) is 27.3. The molecule has 0 bridgehead atoms. The van der Waals surface area contributed by atoms with E-state index in [2.05, 4.69) is 44.2 Å². The van der Waals surface area contributed by atoms with Crippen LogP contribution in [0.15, 0.2) is 146 Å². The van der Waals surface area contributed by atoms with Gasteiger partial charge in [-0.25, -0.2) is 0 Å². The minimum absolute atomic E-state index is 0. The maximum absolute atomic E-state index is 4.22. The van der Waals surface area contributed by atoms with Gasteiger partial charge in [0.2, 0.25) is 0 Å². The van der Waals surface area contributed by atoms with Gasteiger partial charge >= 0.3 is 0 Å². The molecule has 201 valence electrons. The minimum Gasteiger partial charge on any atom is -0.343 e. The van der Waals surface area contributed by atoms with Crippen LogP contribution >= 0.6 is 0 Å². The first-order valence-electron chi connectivity index (χ1n) is 12.5. The molecule has 0 saturated heterocycles. The van der Waals surface area contributed by atoms with E-state index in [1.807, 2.05) is 143 Å². The van der Waals surface area contributed by atoms with E-state index in [4.69, 9.17) is 0 Å². The summed E-state index contributed by atoms with van der Waals surface area (Å²) in [5.41, 5.74) is 7.38. The summed E-state index contributed by atoms with van der Waals surface area (Å²) in [6.07, 6.45) is 5.65. The second-order valence-corrected chi connectivity index (χ2v) is 8.54. The maximum Gasteiger partial charge on any atom is 0.115 e. The van der Waals surface area contributed by atoms with E-state index < -0.39 is 0 Å².